The van der Waals surface area contributed by atoms with Crippen molar-refractivity contribution < 1.29 is 38.1 Å². The van der Waals surface area contributed by atoms with Crippen molar-refractivity contribution in [3.63, 3.8) is 0 Å². The lowest BCUT2D eigenvalue weighted by molar-refractivity contribution is -0.145. The van der Waals surface area contributed by atoms with Gasteiger partial charge in [0, 0.05) is 12.8 Å². The van der Waals surface area contributed by atoms with Gasteiger partial charge in [-0.2, -0.15) is 0 Å². The Bertz CT molecular complexity index is 482. The van der Waals surface area contributed by atoms with E-state index in [9.17, 15) is 19.2 Å². The highest BCUT2D eigenvalue weighted by atomic mass is 32.1. The summed E-state index contributed by atoms with van der Waals surface area (Å²) in [5.74, 6) is -2.26. The Morgan fingerprint density at radius 3 is 1.35 bits per heavy atom. The standard InChI is InChI=1S/C15H24N2O8S/c1-22-11(18)7-5-9(13(20)24-3)16-15(26)17-10(14(21)25-4)6-8-12(19)23-2/h9-10H,5-8H2,1-4H3,(H2,16,17,26). The number of carbonyl (C=O) groups excluding carboxylic acids is 4. The van der Waals surface area contributed by atoms with Crippen LogP contribution < -0.4 is 10.6 Å². The summed E-state index contributed by atoms with van der Waals surface area (Å²) < 4.78 is 18.3. The van der Waals surface area contributed by atoms with E-state index >= 15 is 0 Å². The molecule has 0 aromatic carbocycles. The van der Waals surface area contributed by atoms with Gasteiger partial charge in [0.05, 0.1) is 28.4 Å². The van der Waals surface area contributed by atoms with Gasteiger partial charge in [0.2, 0.25) is 0 Å². The summed E-state index contributed by atoms with van der Waals surface area (Å²) in [5, 5.41) is 5.31. The van der Waals surface area contributed by atoms with Crippen molar-refractivity contribution in [2.75, 3.05) is 28.4 Å². The average Bonchev–Trinajstić information content (AvgIpc) is 2.65. The van der Waals surface area contributed by atoms with Crippen LogP contribution in [0.4, 0.5) is 0 Å². The van der Waals surface area contributed by atoms with Crippen LogP contribution in [0.3, 0.4) is 0 Å². The molecule has 26 heavy (non-hydrogen) atoms. The molecule has 11 heteroatoms. The number of hydrogen-bond acceptors (Lipinski definition) is 9. The molecular weight excluding hydrogens is 368 g/mol. The molecule has 0 aromatic rings. The normalized spacial score (nSPS) is 12.2. The maximum Gasteiger partial charge on any atom is 0.328 e. The van der Waals surface area contributed by atoms with E-state index < -0.39 is 36.0 Å². The van der Waals surface area contributed by atoms with Crippen molar-refractivity contribution in [1.82, 2.24) is 10.6 Å². The molecule has 0 rings (SSSR count). The molecule has 0 bridgehead atoms. The van der Waals surface area contributed by atoms with Crippen LogP contribution in [-0.2, 0) is 38.1 Å². The van der Waals surface area contributed by atoms with Crippen LogP contribution in [0.5, 0.6) is 0 Å². The summed E-state index contributed by atoms with van der Waals surface area (Å²) in [4.78, 5) is 46.1. The summed E-state index contributed by atoms with van der Waals surface area (Å²) in [7, 11) is 4.85. The van der Waals surface area contributed by atoms with Crippen LogP contribution >= 0.6 is 12.2 Å². The summed E-state index contributed by atoms with van der Waals surface area (Å²) >= 11 is 5.09. The molecule has 0 aromatic heterocycles. The van der Waals surface area contributed by atoms with Gasteiger partial charge < -0.3 is 29.6 Å². The largest absolute Gasteiger partial charge is 0.469 e. The van der Waals surface area contributed by atoms with Gasteiger partial charge in [0.15, 0.2) is 5.11 Å². The first-order valence-corrected chi connectivity index (χ1v) is 8.06. The Morgan fingerprint density at radius 2 is 1.08 bits per heavy atom. The first-order valence-electron chi connectivity index (χ1n) is 7.65. The van der Waals surface area contributed by atoms with E-state index in [2.05, 4.69) is 29.6 Å². The van der Waals surface area contributed by atoms with E-state index in [0.717, 1.165) is 0 Å². The predicted molar refractivity (Wildman–Crippen MR) is 93.0 cm³/mol. The fourth-order valence-corrected chi connectivity index (χ4v) is 2.15. The van der Waals surface area contributed by atoms with Crippen molar-refractivity contribution in [1.29, 1.82) is 0 Å². The number of rotatable bonds is 10. The quantitative estimate of drug-likeness (QED) is 0.282. The minimum Gasteiger partial charge on any atom is -0.469 e. The van der Waals surface area contributed by atoms with E-state index in [1.807, 2.05) is 0 Å². The fourth-order valence-electron chi connectivity index (χ4n) is 1.87. The molecule has 0 spiro atoms. The minimum atomic E-state index is -0.919. The number of ether oxygens (including phenoxy) is 4. The molecule has 0 amide bonds. The van der Waals surface area contributed by atoms with E-state index in [-0.39, 0.29) is 30.8 Å². The number of carbonyl (C=O) groups is 4. The van der Waals surface area contributed by atoms with E-state index in [1.165, 1.54) is 28.4 Å². The van der Waals surface area contributed by atoms with Gasteiger partial charge in [-0.15, -0.1) is 0 Å². The Hall–Kier alpha value is -2.43. The van der Waals surface area contributed by atoms with Gasteiger partial charge >= 0.3 is 23.9 Å². The molecule has 2 N–H and O–H groups in total. The van der Waals surface area contributed by atoms with Crippen molar-refractivity contribution in [3.05, 3.63) is 0 Å². The van der Waals surface area contributed by atoms with Gasteiger partial charge in [0.25, 0.3) is 0 Å². The third kappa shape index (κ3) is 9.16. The maximum absolute atomic E-state index is 11.8. The lowest BCUT2D eigenvalue weighted by Gasteiger charge is -2.22. The molecule has 0 saturated carbocycles. The zero-order chi connectivity index (χ0) is 20.1. The highest BCUT2D eigenvalue weighted by molar-refractivity contribution is 7.80. The first-order chi connectivity index (χ1) is 12.3. The lowest BCUT2D eigenvalue weighted by atomic mass is 10.1. The van der Waals surface area contributed by atoms with Crippen LogP contribution in [0.15, 0.2) is 0 Å². The Kier molecular flexibility index (Phi) is 11.7. The lowest BCUT2D eigenvalue weighted by Crippen LogP contribution is -2.51. The third-order valence-corrected chi connectivity index (χ3v) is 3.55. The molecular formula is C15H24N2O8S. The molecule has 2 atom stereocenters. The third-order valence-electron chi connectivity index (χ3n) is 3.31. The van der Waals surface area contributed by atoms with Crippen molar-refractivity contribution in [3.8, 4) is 0 Å². The fraction of sp³-hybridized carbons (Fsp3) is 0.667. The van der Waals surface area contributed by atoms with Gasteiger partial charge in [-0.05, 0) is 25.1 Å². The number of nitrogens with one attached hydrogen (secondary N) is 2. The van der Waals surface area contributed by atoms with Crippen molar-refractivity contribution >= 4 is 41.2 Å². The summed E-state index contributed by atoms with van der Waals surface area (Å²) in [6.07, 6.45) is 0.0851. The molecule has 0 fully saturated rings. The highest BCUT2D eigenvalue weighted by Crippen LogP contribution is 2.04. The smallest absolute Gasteiger partial charge is 0.328 e. The number of hydrogen-bond donors (Lipinski definition) is 2. The van der Waals surface area contributed by atoms with Crippen LogP contribution in [-0.4, -0.2) is 69.5 Å². The molecule has 0 saturated heterocycles. The molecule has 0 aliphatic rings. The second kappa shape index (κ2) is 12.9. The monoisotopic (exact) mass is 392 g/mol. The zero-order valence-corrected chi connectivity index (χ0v) is 16.0. The minimum absolute atomic E-state index is 0.0331. The average molecular weight is 392 g/mol. The number of esters is 4. The Balaban J connectivity index is 4.84. The van der Waals surface area contributed by atoms with Gasteiger partial charge in [-0.1, -0.05) is 0 Å². The molecule has 148 valence electrons. The van der Waals surface area contributed by atoms with Crippen LogP contribution in [0.1, 0.15) is 25.7 Å². The topological polar surface area (TPSA) is 129 Å². The van der Waals surface area contributed by atoms with Gasteiger partial charge in [-0.3, -0.25) is 9.59 Å². The number of thiocarbonyl (C=S) groups is 1. The zero-order valence-electron chi connectivity index (χ0n) is 15.2. The highest BCUT2D eigenvalue weighted by Gasteiger charge is 2.25. The second-order valence-corrected chi connectivity index (χ2v) is 5.41. The molecule has 0 aliphatic carbocycles. The molecule has 10 nitrogen and oxygen atoms in total. The summed E-state index contributed by atoms with van der Waals surface area (Å²) in [5.41, 5.74) is 0. The van der Waals surface area contributed by atoms with Crippen molar-refractivity contribution in [2.24, 2.45) is 0 Å². The molecule has 0 heterocycles. The van der Waals surface area contributed by atoms with Crippen molar-refractivity contribution in [2.45, 2.75) is 37.8 Å². The Morgan fingerprint density at radius 1 is 0.731 bits per heavy atom. The predicted octanol–water partition coefficient (Wildman–Crippen LogP) is -0.560. The SMILES string of the molecule is COC(=O)CCC(NC(=S)NC(CCC(=O)OC)C(=O)OC)C(=O)OC. The Labute approximate surface area is 156 Å². The van der Waals surface area contributed by atoms with Crippen LogP contribution in [0.25, 0.3) is 0 Å². The summed E-state index contributed by atoms with van der Waals surface area (Å²) in [6.45, 7) is 0. The molecule has 0 radical (unpaired) electrons. The van der Waals surface area contributed by atoms with Gasteiger partial charge in [-0.25, -0.2) is 9.59 Å². The summed E-state index contributed by atoms with van der Waals surface area (Å²) in [6, 6.07) is -1.84. The van der Waals surface area contributed by atoms with E-state index in [1.54, 1.807) is 0 Å². The first kappa shape index (κ1) is 23.6. The number of methoxy groups -OCH3 is 4. The molecule has 2 unspecified atom stereocenters. The van der Waals surface area contributed by atoms with Crippen LogP contribution in [0.2, 0.25) is 0 Å². The second-order valence-electron chi connectivity index (χ2n) is 5.00. The molecule has 0 aliphatic heterocycles. The van der Waals surface area contributed by atoms with Gasteiger partial charge in [0.1, 0.15) is 12.1 Å². The maximum atomic E-state index is 11.8. The van der Waals surface area contributed by atoms with Crippen LogP contribution in [0, 0.1) is 0 Å². The van der Waals surface area contributed by atoms with E-state index in [4.69, 9.17) is 12.2 Å². The van der Waals surface area contributed by atoms with E-state index in [0.29, 0.717) is 0 Å².